The number of anilines is 1. The summed E-state index contributed by atoms with van der Waals surface area (Å²) in [5, 5.41) is 0. The smallest absolute Gasteiger partial charge is 0.243 e. The summed E-state index contributed by atoms with van der Waals surface area (Å²) in [5.41, 5.74) is 0.683. The van der Waals surface area contributed by atoms with Crippen molar-refractivity contribution in [2.75, 3.05) is 30.0 Å². The summed E-state index contributed by atoms with van der Waals surface area (Å²) in [6.45, 7) is 0.644. The van der Waals surface area contributed by atoms with Crippen molar-refractivity contribution in [3.63, 3.8) is 0 Å². The molecule has 2 aliphatic heterocycles. The third kappa shape index (κ3) is 3.20. The van der Waals surface area contributed by atoms with Crippen molar-refractivity contribution in [1.82, 2.24) is 4.31 Å². The number of benzene rings is 1. The molecule has 0 spiro atoms. The van der Waals surface area contributed by atoms with Crippen LogP contribution in [0.2, 0.25) is 0 Å². The van der Waals surface area contributed by atoms with E-state index in [0.29, 0.717) is 25.1 Å². The van der Waals surface area contributed by atoms with Gasteiger partial charge in [-0.1, -0.05) is 0 Å². The van der Waals surface area contributed by atoms with Crippen molar-refractivity contribution in [1.29, 1.82) is 0 Å². The van der Waals surface area contributed by atoms with Gasteiger partial charge in [0.1, 0.15) is 0 Å². The zero-order valence-corrected chi connectivity index (χ0v) is 15.0. The molecule has 2 fully saturated rings. The van der Waals surface area contributed by atoms with Gasteiger partial charge in [0.15, 0.2) is 9.84 Å². The first-order valence-electron chi connectivity index (χ1n) is 7.80. The lowest BCUT2D eigenvalue weighted by molar-refractivity contribution is -0.117. The van der Waals surface area contributed by atoms with Crippen molar-refractivity contribution in [2.45, 2.75) is 30.2 Å². The second-order valence-corrected chi connectivity index (χ2v) is 10.4. The van der Waals surface area contributed by atoms with E-state index in [4.69, 9.17) is 0 Å². The summed E-state index contributed by atoms with van der Waals surface area (Å²) < 4.78 is 49.6. The second-order valence-electron chi connectivity index (χ2n) is 6.22. The molecule has 1 aromatic rings. The Kier molecular flexibility index (Phi) is 4.43. The van der Waals surface area contributed by atoms with Gasteiger partial charge < -0.3 is 4.90 Å². The molecule has 0 saturated carbocycles. The number of amides is 1. The van der Waals surface area contributed by atoms with E-state index in [1.807, 2.05) is 0 Å². The number of carbonyl (C=O) groups is 1. The predicted octanol–water partition coefficient (Wildman–Crippen LogP) is 0.621. The van der Waals surface area contributed by atoms with Gasteiger partial charge in [-0.25, -0.2) is 16.8 Å². The molecular formula is C15H20N2O5S2. The van der Waals surface area contributed by atoms with Crippen LogP contribution in [-0.4, -0.2) is 58.2 Å². The lowest BCUT2D eigenvalue weighted by Crippen LogP contribution is -2.37. The molecule has 0 aromatic heterocycles. The summed E-state index contributed by atoms with van der Waals surface area (Å²) >= 11 is 0. The zero-order valence-electron chi connectivity index (χ0n) is 13.4. The highest BCUT2D eigenvalue weighted by atomic mass is 32.2. The molecule has 0 aliphatic carbocycles. The highest BCUT2D eigenvalue weighted by molar-refractivity contribution is 7.92. The maximum absolute atomic E-state index is 12.7. The predicted molar refractivity (Wildman–Crippen MR) is 90.0 cm³/mol. The largest absolute Gasteiger partial charge is 0.312 e. The number of sulfonamides is 1. The lowest BCUT2D eigenvalue weighted by atomic mass is 10.3. The van der Waals surface area contributed by atoms with Gasteiger partial charge in [-0.3, -0.25) is 4.79 Å². The molecule has 2 aliphatic rings. The van der Waals surface area contributed by atoms with Crippen LogP contribution < -0.4 is 4.90 Å². The summed E-state index contributed by atoms with van der Waals surface area (Å²) in [6.07, 6.45) is 1.63. The van der Waals surface area contributed by atoms with E-state index in [2.05, 4.69) is 0 Å². The van der Waals surface area contributed by atoms with E-state index >= 15 is 0 Å². The molecule has 9 heteroatoms. The molecule has 1 atom stereocenters. The van der Waals surface area contributed by atoms with Crippen molar-refractivity contribution >= 4 is 31.5 Å². The van der Waals surface area contributed by atoms with E-state index in [-0.39, 0.29) is 22.3 Å². The Hall–Kier alpha value is -1.45. The lowest BCUT2D eigenvalue weighted by Gasteiger charge is -2.23. The summed E-state index contributed by atoms with van der Waals surface area (Å²) in [6, 6.07) is 5.65. The molecule has 0 bridgehead atoms. The average Bonchev–Trinajstić information content (AvgIpc) is 3.12. The van der Waals surface area contributed by atoms with Crippen LogP contribution in [0.4, 0.5) is 5.69 Å². The quantitative estimate of drug-likeness (QED) is 0.773. The summed E-state index contributed by atoms with van der Waals surface area (Å²) in [4.78, 5) is 13.5. The molecule has 1 aromatic carbocycles. The Bertz CT molecular complexity index is 846. The Morgan fingerprint density at radius 2 is 1.88 bits per heavy atom. The monoisotopic (exact) mass is 372 g/mol. The molecule has 2 heterocycles. The minimum absolute atomic E-state index is 0.0214. The highest BCUT2D eigenvalue weighted by Crippen LogP contribution is 2.26. The summed E-state index contributed by atoms with van der Waals surface area (Å²) in [5.74, 6) is -0.0738. The molecule has 3 rings (SSSR count). The minimum atomic E-state index is -3.76. The molecule has 7 nitrogen and oxygen atoms in total. The molecule has 1 amide bonds. The number of nitrogens with zero attached hydrogens (tertiary/aromatic N) is 2. The number of rotatable bonds is 4. The van der Waals surface area contributed by atoms with E-state index in [1.165, 1.54) is 19.2 Å². The van der Waals surface area contributed by atoms with Crippen molar-refractivity contribution in [3.05, 3.63) is 24.3 Å². The number of carbonyl (C=O) groups excluding carboxylic acids is 1. The molecule has 0 radical (unpaired) electrons. The van der Waals surface area contributed by atoms with Gasteiger partial charge in [-0.05, 0) is 37.1 Å². The van der Waals surface area contributed by atoms with Gasteiger partial charge >= 0.3 is 0 Å². The number of hydrogen-bond donors (Lipinski definition) is 0. The normalized spacial score (nSPS) is 24.0. The van der Waals surface area contributed by atoms with Crippen molar-refractivity contribution in [3.8, 4) is 0 Å². The molecule has 0 N–H and O–H groups in total. The Morgan fingerprint density at radius 1 is 1.21 bits per heavy atom. The third-order valence-corrected chi connectivity index (χ3v) is 8.30. The first-order valence-corrected chi connectivity index (χ1v) is 11.1. The van der Waals surface area contributed by atoms with Gasteiger partial charge in [-0.15, -0.1) is 0 Å². The molecular weight excluding hydrogens is 352 g/mol. The average molecular weight is 372 g/mol. The minimum Gasteiger partial charge on any atom is -0.312 e. The maximum atomic E-state index is 12.7. The standard InChI is InChI=1S/C15H20N2O5S2/c1-16(13-8-10-23(19,20)11-13)24(21,22)14-6-4-12(5-7-14)17-9-2-3-15(17)18/h4-7,13H,2-3,8-11H2,1H3/t13-/m0/s1. The number of hydrogen-bond acceptors (Lipinski definition) is 5. The SMILES string of the molecule is CN([C@H]1CCS(=O)(=O)C1)S(=O)(=O)c1ccc(N2CCCC2=O)cc1. The van der Waals surface area contributed by atoms with Gasteiger partial charge in [0.05, 0.1) is 16.4 Å². The van der Waals surface area contributed by atoms with Crippen LogP contribution in [-0.2, 0) is 24.7 Å². The van der Waals surface area contributed by atoms with Crippen molar-refractivity contribution < 1.29 is 21.6 Å². The number of sulfone groups is 1. The fourth-order valence-corrected chi connectivity index (χ4v) is 6.40. The Morgan fingerprint density at radius 3 is 2.38 bits per heavy atom. The fraction of sp³-hybridized carbons (Fsp3) is 0.533. The van der Waals surface area contributed by atoms with Crippen molar-refractivity contribution in [2.24, 2.45) is 0 Å². The Balaban J connectivity index is 1.81. The van der Waals surface area contributed by atoms with Crippen LogP contribution in [0.1, 0.15) is 19.3 Å². The van der Waals surface area contributed by atoms with E-state index in [1.54, 1.807) is 17.0 Å². The second kappa shape index (κ2) is 6.12. The van der Waals surface area contributed by atoms with Crippen LogP contribution >= 0.6 is 0 Å². The maximum Gasteiger partial charge on any atom is 0.243 e. The highest BCUT2D eigenvalue weighted by Gasteiger charge is 2.36. The molecule has 24 heavy (non-hydrogen) atoms. The van der Waals surface area contributed by atoms with Gasteiger partial charge in [-0.2, -0.15) is 4.31 Å². The van der Waals surface area contributed by atoms with E-state index in [0.717, 1.165) is 10.7 Å². The van der Waals surface area contributed by atoms with Crippen LogP contribution in [0.15, 0.2) is 29.2 Å². The van der Waals surface area contributed by atoms with Crippen LogP contribution in [0.3, 0.4) is 0 Å². The first kappa shape index (κ1) is 17.4. The van der Waals surface area contributed by atoms with Crippen LogP contribution in [0, 0.1) is 0 Å². The van der Waals surface area contributed by atoms with E-state index < -0.39 is 25.9 Å². The Labute approximate surface area is 142 Å². The molecule has 0 unspecified atom stereocenters. The van der Waals surface area contributed by atoms with Gasteiger partial charge in [0, 0.05) is 31.7 Å². The van der Waals surface area contributed by atoms with E-state index in [9.17, 15) is 21.6 Å². The fourth-order valence-electron chi connectivity index (χ4n) is 3.14. The third-order valence-electron chi connectivity index (χ3n) is 4.62. The topological polar surface area (TPSA) is 91.8 Å². The van der Waals surface area contributed by atoms with Crippen LogP contribution in [0.25, 0.3) is 0 Å². The molecule has 2 saturated heterocycles. The zero-order chi connectivity index (χ0) is 17.5. The molecule has 132 valence electrons. The first-order chi connectivity index (χ1) is 11.2. The van der Waals surface area contributed by atoms with Crippen LogP contribution in [0.5, 0.6) is 0 Å². The van der Waals surface area contributed by atoms with Gasteiger partial charge in [0.2, 0.25) is 15.9 Å². The summed E-state index contributed by atoms with van der Waals surface area (Å²) in [7, 11) is -5.50. The van der Waals surface area contributed by atoms with Gasteiger partial charge in [0.25, 0.3) is 0 Å².